The number of amides is 1. The summed E-state index contributed by atoms with van der Waals surface area (Å²) in [5, 5.41) is 9.52. The Morgan fingerprint density at radius 1 is 1.45 bits per heavy atom. The van der Waals surface area contributed by atoms with Crippen molar-refractivity contribution in [3.8, 4) is 10.6 Å². The molecule has 0 spiro atoms. The van der Waals surface area contributed by atoms with Crippen molar-refractivity contribution in [2.24, 2.45) is 0 Å². The van der Waals surface area contributed by atoms with Crippen LogP contribution in [0.4, 0.5) is 0 Å². The third-order valence-corrected chi connectivity index (χ3v) is 4.36. The molecule has 0 aliphatic heterocycles. The van der Waals surface area contributed by atoms with Gasteiger partial charge in [-0.1, -0.05) is 0 Å². The van der Waals surface area contributed by atoms with Gasteiger partial charge < -0.3 is 10.3 Å². The zero-order chi connectivity index (χ0) is 13.9. The van der Waals surface area contributed by atoms with Crippen LogP contribution in [0.15, 0.2) is 34.6 Å². The number of aromatic nitrogens is 3. The second-order valence-electron chi connectivity index (χ2n) is 4.22. The molecule has 0 aliphatic rings. The Hall–Kier alpha value is -1.99. The first kappa shape index (κ1) is 13.0. The predicted molar refractivity (Wildman–Crippen MR) is 79.9 cm³/mol. The number of aromatic amines is 1. The summed E-state index contributed by atoms with van der Waals surface area (Å²) >= 11 is 3.09. The van der Waals surface area contributed by atoms with Crippen LogP contribution in [0.1, 0.15) is 29.3 Å². The molecule has 102 valence electrons. The second-order valence-corrected chi connectivity index (χ2v) is 5.86. The van der Waals surface area contributed by atoms with Crippen molar-refractivity contribution in [3.63, 3.8) is 0 Å². The Labute approximate surface area is 123 Å². The number of hydrogen-bond donors (Lipinski definition) is 2. The molecular formula is C13H12N4OS2. The fraction of sp³-hybridized carbons (Fsp3) is 0.154. The molecule has 0 aromatic carbocycles. The molecule has 20 heavy (non-hydrogen) atoms. The lowest BCUT2D eigenvalue weighted by molar-refractivity contribution is 0.0934. The lowest BCUT2D eigenvalue weighted by atomic mass is 10.3. The van der Waals surface area contributed by atoms with E-state index < -0.39 is 0 Å². The van der Waals surface area contributed by atoms with E-state index in [1.165, 1.54) is 11.3 Å². The van der Waals surface area contributed by atoms with E-state index in [9.17, 15) is 4.79 Å². The van der Waals surface area contributed by atoms with E-state index in [1.54, 1.807) is 29.1 Å². The van der Waals surface area contributed by atoms with Crippen LogP contribution in [-0.4, -0.2) is 20.9 Å². The van der Waals surface area contributed by atoms with Crippen LogP contribution in [0.25, 0.3) is 10.6 Å². The van der Waals surface area contributed by atoms with Gasteiger partial charge in [-0.15, -0.1) is 11.3 Å². The highest BCUT2D eigenvalue weighted by atomic mass is 32.1. The van der Waals surface area contributed by atoms with Crippen LogP contribution >= 0.6 is 22.7 Å². The van der Waals surface area contributed by atoms with Crippen molar-refractivity contribution < 1.29 is 4.79 Å². The summed E-state index contributed by atoms with van der Waals surface area (Å²) in [5.74, 6) is 0.540. The maximum absolute atomic E-state index is 12.1. The van der Waals surface area contributed by atoms with Crippen molar-refractivity contribution in [2.75, 3.05) is 0 Å². The molecule has 0 fully saturated rings. The quantitative estimate of drug-likeness (QED) is 0.778. The minimum absolute atomic E-state index is 0.177. The van der Waals surface area contributed by atoms with Gasteiger partial charge in [0.05, 0.1) is 6.04 Å². The first-order valence-corrected chi connectivity index (χ1v) is 7.84. The molecule has 3 aromatic rings. The molecule has 0 saturated carbocycles. The van der Waals surface area contributed by atoms with Crippen molar-refractivity contribution in [1.29, 1.82) is 0 Å². The van der Waals surface area contributed by atoms with Gasteiger partial charge in [-0.2, -0.15) is 11.3 Å². The van der Waals surface area contributed by atoms with Crippen LogP contribution in [0.3, 0.4) is 0 Å². The molecule has 2 N–H and O–H groups in total. The molecule has 3 rings (SSSR count). The monoisotopic (exact) mass is 304 g/mol. The van der Waals surface area contributed by atoms with Crippen molar-refractivity contribution in [2.45, 2.75) is 13.0 Å². The van der Waals surface area contributed by atoms with E-state index in [-0.39, 0.29) is 11.9 Å². The Balaban J connectivity index is 1.72. The Morgan fingerprint density at radius 2 is 2.35 bits per heavy atom. The fourth-order valence-corrected chi connectivity index (χ4v) is 3.26. The molecule has 0 radical (unpaired) electrons. The Bertz CT molecular complexity index is 688. The fourth-order valence-electron chi connectivity index (χ4n) is 1.75. The van der Waals surface area contributed by atoms with E-state index in [0.717, 1.165) is 16.4 Å². The van der Waals surface area contributed by atoms with Gasteiger partial charge in [0.25, 0.3) is 5.91 Å². The smallest absolute Gasteiger partial charge is 0.271 e. The number of H-pyrrole nitrogens is 1. The summed E-state index contributed by atoms with van der Waals surface area (Å²) in [4.78, 5) is 23.6. The van der Waals surface area contributed by atoms with Crippen molar-refractivity contribution in [1.82, 2.24) is 20.3 Å². The van der Waals surface area contributed by atoms with E-state index in [4.69, 9.17) is 0 Å². The maximum atomic E-state index is 12.1. The third kappa shape index (κ3) is 2.63. The maximum Gasteiger partial charge on any atom is 0.271 e. The van der Waals surface area contributed by atoms with Crippen molar-refractivity contribution in [3.05, 3.63) is 46.1 Å². The number of imidazole rings is 1. The summed E-state index contributed by atoms with van der Waals surface area (Å²) in [5.41, 5.74) is 1.49. The van der Waals surface area contributed by atoms with Crippen LogP contribution < -0.4 is 5.32 Å². The number of rotatable bonds is 4. The molecule has 3 aromatic heterocycles. The van der Waals surface area contributed by atoms with Crippen LogP contribution in [0.2, 0.25) is 0 Å². The highest BCUT2D eigenvalue weighted by molar-refractivity contribution is 7.14. The SMILES string of the molecule is CC(NC(=O)c1csc(-c2ccsc2)n1)c1ncc[nH]1. The summed E-state index contributed by atoms with van der Waals surface area (Å²) < 4.78 is 0. The first-order valence-electron chi connectivity index (χ1n) is 6.02. The Morgan fingerprint density at radius 3 is 3.05 bits per heavy atom. The summed E-state index contributed by atoms with van der Waals surface area (Å²) in [6.45, 7) is 1.88. The van der Waals surface area contributed by atoms with Gasteiger partial charge in [-0.3, -0.25) is 4.79 Å². The number of hydrogen-bond acceptors (Lipinski definition) is 5. The molecule has 1 unspecified atom stereocenters. The standard InChI is InChI=1S/C13H12N4OS2/c1-8(11-14-3-4-15-11)16-12(18)10-7-20-13(17-10)9-2-5-19-6-9/h2-8H,1H3,(H,14,15)(H,16,18). The molecule has 0 saturated heterocycles. The lowest BCUT2D eigenvalue weighted by Crippen LogP contribution is -2.27. The summed E-state index contributed by atoms with van der Waals surface area (Å²) in [7, 11) is 0. The van der Waals surface area contributed by atoms with Crippen LogP contribution in [0, 0.1) is 0 Å². The van der Waals surface area contributed by atoms with E-state index in [0.29, 0.717) is 5.69 Å². The average Bonchev–Trinajstić information content (AvgIpc) is 3.19. The van der Waals surface area contributed by atoms with Gasteiger partial charge in [0.2, 0.25) is 0 Å². The molecule has 0 aliphatic carbocycles. The number of carbonyl (C=O) groups is 1. The van der Waals surface area contributed by atoms with E-state index in [1.807, 2.05) is 23.8 Å². The third-order valence-electron chi connectivity index (χ3n) is 2.78. The topological polar surface area (TPSA) is 70.7 Å². The molecule has 5 nitrogen and oxygen atoms in total. The lowest BCUT2D eigenvalue weighted by Gasteiger charge is -2.09. The van der Waals surface area contributed by atoms with E-state index >= 15 is 0 Å². The number of carbonyl (C=O) groups excluding carboxylic acids is 1. The van der Waals surface area contributed by atoms with Gasteiger partial charge >= 0.3 is 0 Å². The second kappa shape index (κ2) is 5.56. The minimum atomic E-state index is -0.188. The largest absolute Gasteiger partial charge is 0.347 e. The minimum Gasteiger partial charge on any atom is -0.347 e. The number of nitrogens with zero attached hydrogens (tertiary/aromatic N) is 2. The Kier molecular flexibility index (Phi) is 3.62. The van der Waals surface area contributed by atoms with Gasteiger partial charge in [0.1, 0.15) is 16.5 Å². The average molecular weight is 304 g/mol. The highest BCUT2D eigenvalue weighted by Gasteiger charge is 2.16. The molecule has 1 amide bonds. The van der Waals surface area contributed by atoms with Crippen molar-refractivity contribution >= 4 is 28.6 Å². The summed E-state index contributed by atoms with van der Waals surface area (Å²) in [6, 6.07) is 1.82. The highest BCUT2D eigenvalue weighted by Crippen LogP contribution is 2.25. The summed E-state index contributed by atoms with van der Waals surface area (Å²) in [6.07, 6.45) is 3.39. The molecular weight excluding hydrogens is 292 g/mol. The zero-order valence-corrected chi connectivity index (χ0v) is 12.3. The van der Waals surface area contributed by atoms with Gasteiger partial charge in [0, 0.05) is 28.7 Å². The van der Waals surface area contributed by atoms with Gasteiger partial charge in [-0.25, -0.2) is 9.97 Å². The molecule has 1 atom stereocenters. The van der Waals surface area contributed by atoms with E-state index in [2.05, 4.69) is 20.3 Å². The normalized spacial score (nSPS) is 12.2. The number of nitrogens with one attached hydrogen (secondary N) is 2. The number of thiazole rings is 1. The van der Waals surface area contributed by atoms with Gasteiger partial charge in [0.15, 0.2) is 0 Å². The zero-order valence-electron chi connectivity index (χ0n) is 10.7. The van der Waals surface area contributed by atoms with Gasteiger partial charge in [-0.05, 0) is 18.4 Å². The molecule has 0 bridgehead atoms. The van der Waals surface area contributed by atoms with Crippen LogP contribution in [0.5, 0.6) is 0 Å². The number of thiophene rings is 1. The molecule has 3 heterocycles. The van der Waals surface area contributed by atoms with Crippen LogP contribution in [-0.2, 0) is 0 Å². The molecule has 7 heteroatoms. The predicted octanol–water partition coefficient (Wildman–Crippen LogP) is 3.09. The first-order chi connectivity index (χ1) is 9.74.